The van der Waals surface area contributed by atoms with Crippen molar-refractivity contribution in [1.29, 1.82) is 0 Å². The number of hydrogen-bond donors (Lipinski definition) is 1. The van der Waals surface area contributed by atoms with Crippen LogP contribution in [-0.2, 0) is 15.7 Å². The molecule has 0 unspecified atom stereocenters. The summed E-state index contributed by atoms with van der Waals surface area (Å²) < 4.78 is 44.4. The minimum atomic E-state index is -4.44. The second-order valence-corrected chi connectivity index (χ2v) is 8.73. The maximum Gasteiger partial charge on any atom is 0.416 e. The van der Waals surface area contributed by atoms with Crippen LogP contribution in [0.2, 0.25) is 0 Å². The van der Waals surface area contributed by atoms with E-state index in [0.717, 1.165) is 18.9 Å². The maximum atomic E-state index is 13.2. The molecular weight excluding hydrogens is 377 g/mol. The number of alkyl halides is 3. The van der Waals surface area contributed by atoms with Crippen LogP contribution < -0.4 is 5.32 Å². The predicted molar refractivity (Wildman–Crippen MR) is 99.6 cm³/mol. The molecular formula is C19H23F3N2O2S. The molecule has 2 saturated heterocycles. The SMILES string of the molecule is C[C@H](N=C1NC(=O)[C@@](C)(CC2CCOCC2)S1)c1ccccc1C(F)(F)F. The number of benzene rings is 1. The number of halogens is 3. The predicted octanol–water partition coefficient (Wildman–Crippen LogP) is 4.56. The molecule has 148 valence electrons. The Morgan fingerprint density at radius 3 is 2.67 bits per heavy atom. The van der Waals surface area contributed by atoms with Crippen LogP contribution in [0.25, 0.3) is 0 Å². The minimum absolute atomic E-state index is 0.102. The van der Waals surface area contributed by atoms with E-state index >= 15 is 0 Å². The van der Waals surface area contributed by atoms with Gasteiger partial charge < -0.3 is 10.1 Å². The van der Waals surface area contributed by atoms with E-state index in [1.54, 1.807) is 13.0 Å². The molecule has 1 aromatic carbocycles. The summed E-state index contributed by atoms with van der Waals surface area (Å²) in [5, 5.41) is 3.14. The lowest BCUT2D eigenvalue weighted by atomic mass is 9.89. The van der Waals surface area contributed by atoms with Crippen LogP contribution in [0.4, 0.5) is 13.2 Å². The zero-order valence-corrected chi connectivity index (χ0v) is 16.1. The Morgan fingerprint density at radius 2 is 2.00 bits per heavy atom. The van der Waals surface area contributed by atoms with Crippen molar-refractivity contribution < 1.29 is 22.7 Å². The van der Waals surface area contributed by atoms with E-state index in [4.69, 9.17) is 4.74 Å². The molecule has 0 aliphatic carbocycles. The molecule has 1 aromatic rings. The van der Waals surface area contributed by atoms with Crippen LogP contribution in [0.1, 0.15) is 50.3 Å². The lowest BCUT2D eigenvalue weighted by Gasteiger charge is -2.28. The molecule has 2 fully saturated rings. The van der Waals surface area contributed by atoms with Gasteiger partial charge in [0, 0.05) is 13.2 Å². The van der Waals surface area contributed by atoms with E-state index in [-0.39, 0.29) is 11.5 Å². The number of carbonyl (C=O) groups is 1. The first-order valence-corrected chi connectivity index (χ1v) is 9.83. The number of carbonyl (C=O) groups excluding carboxylic acids is 1. The first-order chi connectivity index (χ1) is 12.7. The van der Waals surface area contributed by atoms with Crippen LogP contribution in [0.5, 0.6) is 0 Å². The molecule has 27 heavy (non-hydrogen) atoms. The van der Waals surface area contributed by atoms with Crippen molar-refractivity contribution in [2.75, 3.05) is 13.2 Å². The van der Waals surface area contributed by atoms with Crippen LogP contribution in [0.15, 0.2) is 29.3 Å². The second-order valence-electron chi connectivity index (χ2n) is 7.24. The van der Waals surface area contributed by atoms with Crippen molar-refractivity contribution in [3.8, 4) is 0 Å². The lowest BCUT2D eigenvalue weighted by Crippen LogP contribution is -2.36. The summed E-state index contributed by atoms with van der Waals surface area (Å²) in [5.41, 5.74) is -0.591. The van der Waals surface area contributed by atoms with Gasteiger partial charge in [0.05, 0.1) is 16.4 Å². The van der Waals surface area contributed by atoms with E-state index in [1.807, 2.05) is 6.92 Å². The molecule has 8 heteroatoms. The summed E-state index contributed by atoms with van der Waals surface area (Å²) in [7, 11) is 0. The molecule has 0 radical (unpaired) electrons. The fourth-order valence-electron chi connectivity index (χ4n) is 3.57. The summed E-state index contributed by atoms with van der Waals surface area (Å²) in [6.45, 7) is 4.90. The molecule has 0 aromatic heterocycles. The van der Waals surface area contributed by atoms with Gasteiger partial charge in [-0.1, -0.05) is 30.0 Å². The van der Waals surface area contributed by atoms with Crippen molar-refractivity contribution in [2.24, 2.45) is 10.9 Å². The number of amides is 1. The Kier molecular flexibility index (Phi) is 5.86. The van der Waals surface area contributed by atoms with Crippen molar-refractivity contribution in [3.05, 3.63) is 35.4 Å². The Bertz CT molecular complexity index is 732. The fraction of sp³-hybridized carbons (Fsp3) is 0.579. The van der Waals surface area contributed by atoms with E-state index in [1.165, 1.54) is 23.9 Å². The normalized spacial score (nSPS) is 27.0. The van der Waals surface area contributed by atoms with Gasteiger partial charge >= 0.3 is 6.18 Å². The average molecular weight is 400 g/mol. The number of aliphatic imine (C=N–C) groups is 1. The van der Waals surface area contributed by atoms with E-state index in [2.05, 4.69) is 10.3 Å². The average Bonchev–Trinajstić information content (AvgIpc) is 2.88. The van der Waals surface area contributed by atoms with Crippen molar-refractivity contribution in [2.45, 2.75) is 50.1 Å². The van der Waals surface area contributed by atoms with Gasteiger partial charge in [-0.15, -0.1) is 0 Å². The first-order valence-electron chi connectivity index (χ1n) is 9.01. The smallest absolute Gasteiger partial charge is 0.381 e. The maximum absolute atomic E-state index is 13.2. The molecule has 0 bridgehead atoms. The molecule has 0 spiro atoms. The summed E-state index contributed by atoms with van der Waals surface area (Å²) in [6, 6.07) is 4.71. The number of thioether (sulfide) groups is 1. The van der Waals surface area contributed by atoms with Crippen LogP contribution in [0.3, 0.4) is 0 Å². The third-order valence-corrected chi connectivity index (χ3v) is 6.27. The van der Waals surface area contributed by atoms with Gasteiger partial charge in [-0.05, 0) is 50.7 Å². The third-order valence-electron chi connectivity index (χ3n) is 5.07. The molecule has 2 aliphatic rings. The standard InChI is InChI=1S/C19H23F3N2O2S/c1-12(14-5-3-4-6-15(14)19(20,21)22)23-17-24-16(25)18(2,27-17)11-13-7-9-26-10-8-13/h3-6,12-13H,7-11H2,1-2H3,(H,23,24,25)/t12-,18+/m0/s1. The quantitative estimate of drug-likeness (QED) is 0.806. The number of rotatable bonds is 4. The van der Waals surface area contributed by atoms with Gasteiger partial charge in [-0.25, -0.2) is 0 Å². The Hall–Kier alpha value is -1.54. The van der Waals surface area contributed by atoms with Gasteiger partial charge in [-0.2, -0.15) is 13.2 Å². The number of ether oxygens (including phenoxy) is 1. The van der Waals surface area contributed by atoms with Gasteiger partial charge in [0.2, 0.25) is 5.91 Å². The molecule has 2 aliphatic heterocycles. The van der Waals surface area contributed by atoms with E-state index < -0.39 is 22.5 Å². The van der Waals surface area contributed by atoms with Gasteiger partial charge in [-0.3, -0.25) is 9.79 Å². The van der Waals surface area contributed by atoms with Crippen LogP contribution >= 0.6 is 11.8 Å². The number of nitrogens with one attached hydrogen (secondary N) is 1. The number of nitrogens with zero attached hydrogens (tertiary/aromatic N) is 1. The molecule has 0 saturated carbocycles. The highest BCUT2D eigenvalue weighted by molar-refractivity contribution is 8.16. The summed E-state index contributed by atoms with van der Waals surface area (Å²) in [4.78, 5) is 16.9. The highest BCUT2D eigenvalue weighted by atomic mass is 32.2. The van der Waals surface area contributed by atoms with Crippen molar-refractivity contribution in [3.63, 3.8) is 0 Å². The number of hydrogen-bond acceptors (Lipinski definition) is 4. The van der Waals surface area contributed by atoms with E-state index in [9.17, 15) is 18.0 Å². The highest BCUT2D eigenvalue weighted by Crippen LogP contribution is 2.41. The van der Waals surface area contributed by atoms with E-state index in [0.29, 0.717) is 30.7 Å². The Morgan fingerprint density at radius 1 is 1.33 bits per heavy atom. The fourth-order valence-corrected chi connectivity index (χ4v) is 4.82. The monoisotopic (exact) mass is 400 g/mol. The molecule has 1 amide bonds. The first kappa shape index (κ1) is 20.2. The molecule has 4 nitrogen and oxygen atoms in total. The van der Waals surface area contributed by atoms with Crippen molar-refractivity contribution in [1.82, 2.24) is 5.32 Å². The molecule has 1 N–H and O–H groups in total. The third kappa shape index (κ3) is 4.66. The number of amidine groups is 1. The lowest BCUT2D eigenvalue weighted by molar-refractivity contribution is -0.138. The van der Waals surface area contributed by atoms with Gasteiger partial charge in [0.25, 0.3) is 0 Å². The van der Waals surface area contributed by atoms with Gasteiger partial charge in [0.1, 0.15) is 0 Å². The zero-order chi connectivity index (χ0) is 19.7. The van der Waals surface area contributed by atoms with Gasteiger partial charge in [0.15, 0.2) is 5.17 Å². The minimum Gasteiger partial charge on any atom is -0.381 e. The Balaban J connectivity index is 1.75. The summed E-state index contributed by atoms with van der Waals surface area (Å²) >= 11 is 1.32. The molecule has 2 atom stereocenters. The van der Waals surface area contributed by atoms with Crippen LogP contribution in [-0.4, -0.2) is 29.0 Å². The second kappa shape index (κ2) is 7.83. The zero-order valence-electron chi connectivity index (χ0n) is 15.3. The molecule has 3 rings (SSSR count). The molecule has 2 heterocycles. The van der Waals surface area contributed by atoms with Crippen LogP contribution in [0, 0.1) is 5.92 Å². The summed E-state index contributed by atoms with van der Waals surface area (Å²) in [5.74, 6) is 0.277. The highest BCUT2D eigenvalue weighted by Gasteiger charge is 2.44. The summed E-state index contributed by atoms with van der Waals surface area (Å²) in [6.07, 6.45) is -1.88. The largest absolute Gasteiger partial charge is 0.416 e. The Labute approximate surface area is 161 Å². The van der Waals surface area contributed by atoms with Crippen molar-refractivity contribution >= 4 is 22.8 Å². The topological polar surface area (TPSA) is 50.7 Å².